The predicted octanol–water partition coefficient (Wildman–Crippen LogP) is 4.88. The predicted molar refractivity (Wildman–Crippen MR) is 90.6 cm³/mol. The number of aryl methyl sites for hydroxylation is 1. The lowest BCUT2D eigenvalue weighted by Gasteiger charge is -2.11. The van der Waals surface area contributed by atoms with Crippen LogP contribution in [0.1, 0.15) is 32.3 Å². The molecule has 0 aromatic heterocycles. The SMILES string of the molecule is CCOC(=O)CC(C)CCc1ccc(-c2ccccc2)cc1. The van der Waals surface area contributed by atoms with Crippen molar-refractivity contribution in [2.75, 3.05) is 6.61 Å². The first-order valence-electron chi connectivity index (χ1n) is 7.99. The Hall–Kier alpha value is -2.09. The van der Waals surface area contributed by atoms with Crippen LogP contribution in [0.5, 0.6) is 0 Å². The Morgan fingerprint density at radius 1 is 1.00 bits per heavy atom. The maximum absolute atomic E-state index is 11.4. The molecule has 0 aliphatic heterocycles. The molecular formula is C20H24O2. The molecule has 2 nitrogen and oxygen atoms in total. The van der Waals surface area contributed by atoms with Crippen LogP contribution in [-0.2, 0) is 16.0 Å². The average Bonchev–Trinajstić information content (AvgIpc) is 2.54. The molecule has 0 saturated carbocycles. The van der Waals surface area contributed by atoms with Gasteiger partial charge >= 0.3 is 5.97 Å². The summed E-state index contributed by atoms with van der Waals surface area (Å²) >= 11 is 0. The second kappa shape index (κ2) is 8.38. The summed E-state index contributed by atoms with van der Waals surface area (Å²) in [6.07, 6.45) is 2.51. The highest BCUT2D eigenvalue weighted by atomic mass is 16.5. The van der Waals surface area contributed by atoms with Crippen LogP contribution in [-0.4, -0.2) is 12.6 Å². The summed E-state index contributed by atoms with van der Waals surface area (Å²) in [5.74, 6) is 0.266. The standard InChI is InChI=1S/C20H24O2/c1-3-22-20(21)15-16(2)9-10-17-11-13-19(14-12-17)18-7-5-4-6-8-18/h4-8,11-14,16H,3,9-10,15H2,1-2H3. The summed E-state index contributed by atoms with van der Waals surface area (Å²) in [6.45, 7) is 4.42. The summed E-state index contributed by atoms with van der Waals surface area (Å²) < 4.78 is 4.99. The average molecular weight is 296 g/mol. The lowest BCUT2D eigenvalue weighted by Crippen LogP contribution is -2.10. The second-order valence-corrected chi connectivity index (χ2v) is 5.72. The van der Waals surface area contributed by atoms with Crippen LogP contribution in [0, 0.1) is 5.92 Å². The highest BCUT2D eigenvalue weighted by Crippen LogP contribution is 2.20. The van der Waals surface area contributed by atoms with E-state index < -0.39 is 0 Å². The van der Waals surface area contributed by atoms with Gasteiger partial charge in [0.05, 0.1) is 6.61 Å². The molecule has 0 N–H and O–H groups in total. The first-order chi connectivity index (χ1) is 10.7. The molecular weight excluding hydrogens is 272 g/mol. The molecule has 0 spiro atoms. The zero-order valence-corrected chi connectivity index (χ0v) is 13.4. The van der Waals surface area contributed by atoms with Gasteiger partial charge in [-0.25, -0.2) is 0 Å². The lowest BCUT2D eigenvalue weighted by atomic mass is 9.97. The third-order valence-electron chi connectivity index (χ3n) is 3.81. The van der Waals surface area contributed by atoms with E-state index in [1.165, 1.54) is 16.7 Å². The van der Waals surface area contributed by atoms with Gasteiger partial charge in [0.1, 0.15) is 0 Å². The van der Waals surface area contributed by atoms with Gasteiger partial charge in [0, 0.05) is 6.42 Å². The summed E-state index contributed by atoms with van der Waals surface area (Å²) in [6, 6.07) is 19.1. The van der Waals surface area contributed by atoms with Crippen LogP contribution in [0.3, 0.4) is 0 Å². The lowest BCUT2D eigenvalue weighted by molar-refractivity contribution is -0.144. The smallest absolute Gasteiger partial charge is 0.306 e. The minimum absolute atomic E-state index is 0.0885. The number of ether oxygens (including phenoxy) is 1. The molecule has 0 saturated heterocycles. The first-order valence-corrected chi connectivity index (χ1v) is 7.99. The van der Waals surface area contributed by atoms with Crippen molar-refractivity contribution in [3.05, 3.63) is 60.2 Å². The zero-order valence-electron chi connectivity index (χ0n) is 13.4. The van der Waals surface area contributed by atoms with Crippen LogP contribution >= 0.6 is 0 Å². The Bertz CT molecular complexity index is 572. The quantitative estimate of drug-likeness (QED) is 0.681. The Balaban J connectivity index is 1.85. The third-order valence-corrected chi connectivity index (χ3v) is 3.81. The van der Waals surface area contributed by atoms with Crippen molar-refractivity contribution in [3.8, 4) is 11.1 Å². The van der Waals surface area contributed by atoms with Crippen molar-refractivity contribution < 1.29 is 9.53 Å². The molecule has 0 aliphatic rings. The molecule has 2 aromatic carbocycles. The number of hydrogen-bond acceptors (Lipinski definition) is 2. The Morgan fingerprint density at radius 3 is 2.27 bits per heavy atom. The normalized spacial score (nSPS) is 11.9. The van der Waals surface area contributed by atoms with E-state index in [0.717, 1.165) is 12.8 Å². The van der Waals surface area contributed by atoms with E-state index in [0.29, 0.717) is 18.9 Å². The van der Waals surface area contributed by atoms with E-state index in [9.17, 15) is 4.79 Å². The Kier molecular flexibility index (Phi) is 6.20. The molecule has 0 amide bonds. The van der Waals surface area contributed by atoms with Gasteiger partial charge < -0.3 is 4.74 Å². The topological polar surface area (TPSA) is 26.3 Å². The Labute approximate surface area is 133 Å². The summed E-state index contributed by atoms with van der Waals surface area (Å²) in [5.41, 5.74) is 3.80. The number of benzene rings is 2. The molecule has 0 aliphatic carbocycles. The van der Waals surface area contributed by atoms with Crippen molar-refractivity contribution in [1.82, 2.24) is 0 Å². The zero-order chi connectivity index (χ0) is 15.8. The van der Waals surface area contributed by atoms with Crippen molar-refractivity contribution in [1.29, 1.82) is 0 Å². The number of carbonyl (C=O) groups excluding carboxylic acids is 1. The minimum atomic E-state index is -0.0885. The second-order valence-electron chi connectivity index (χ2n) is 5.72. The van der Waals surface area contributed by atoms with Crippen molar-refractivity contribution in [3.63, 3.8) is 0 Å². The highest BCUT2D eigenvalue weighted by molar-refractivity contribution is 5.69. The summed E-state index contributed by atoms with van der Waals surface area (Å²) in [7, 11) is 0. The highest BCUT2D eigenvalue weighted by Gasteiger charge is 2.10. The van der Waals surface area contributed by atoms with E-state index >= 15 is 0 Å². The van der Waals surface area contributed by atoms with E-state index in [-0.39, 0.29) is 5.97 Å². The molecule has 0 radical (unpaired) electrons. The van der Waals surface area contributed by atoms with E-state index in [1.807, 2.05) is 13.0 Å². The maximum Gasteiger partial charge on any atom is 0.306 e. The number of rotatable bonds is 7. The summed E-state index contributed by atoms with van der Waals surface area (Å²) in [5, 5.41) is 0. The molecule has 0 fully saturated rings. The number of hydrogen-bond donors (Lipinski definition) is 0. The maximum atomic E-state index is 11.4. The monoisotopic (exact) mass is 296 g/mol. The van der Waals surface area contributed by atoms with Crippen molar-refractivity contribution >= 4 is 5.97 Å². The van der Waals surface area contributed by atoms with Crippen LogP contribution in [0.2, 0.25) is 0 Å². The number of carbonyl (C=O) groups is 1. The first kappa shape index (κ1) is 16.3. The molecule has 22 heavy (non-hydrogen) atoms. The van der Waals surface area contributed by atoms with Gasteiger partial charge in [-0.2, -0.15) is 0 Å². The molecule has 0 bridgehead atoms. The molecule has 116 valence electrons. The van der Waals surface area contributed by atoms with Crippen LogP contribution in [0.25, 0.3) is 11.1 Å². The van der Waals surface area contributed by atoms with Gasteiger partial charge in [0.2, 0.25) is 0 Å². The van der Waals surface area contributed by atoms with Gasteiger partial charge in [-0.3, -0.25) is 4.79 Å². The van der Waals surface area contributed by atoms with E-state index in [1.54, 1.807) is 0 Å². The molecule has 2 aromatic rings. The fourth-order valence-electron chi connectivity index (χ4n) is 2.51. The van der Waals surface area contributed by atoms with E-state index in [2.05, 4.69) is 55.5 Å². The van der Waals surface area contributed by atoms with E-state index in [4.69, 9.17) is 4.74 Å². The summed E-state index contributed by atoms with van der Waals surface area (Å²) in [4.78, 5) is 11.4. The third kappa shape index (κ3) is 5.03. The Morgan fingerprint density at radius 2 is 1.64 bits per heavy atom. The van der Waals surface area contributed by atoms with Gasteiger partial charge in [-0.15, -0.1) is 0 Å². The van der Waals surface area contributed by atoms with Gasteiger partial charge in [-0.05, 0) is 42.4 Å². The van der Waals surface area contributed by atoms with Crippen LogP contribution in [0.15, 0.2) is 54.6 Å². The molecule has 1 unspecified atom stereocenters. The van der Waals surface area contributed by atoms with Gasteiger partial charge in [0.25, 0.3) is 0 Å². The fraction of sp³-hybridized carbons (Fsp3) is 0.350. The molecule has 2 heteroatoms. The molecule has 0 heterocycles. The number of esters is 1. The van der Waals surface area contributed by atoms with Gasteiger partial charge in [0.15, 0.2) is 0 Å². The molecule has 1 atom stereocenters. The van der Waals surface area contributed by atoms with Gasteiger partial charge in [-0.1, -0.05) is 61.5 Å². The molecule has 2 rings (SSSR count). The largest absolute Gasteiger partial charge is 0.466 e. The van der Waals surface area contributed by atoms with Crippen LogP contribution in [0.4, 0.5) is 0 Å². The van der Waals surface area contributed by atoms with Crippen molar-refractivity contribution in [2.45, 2.75) is 33.1 Å². The fourth-order valence-corrected chi connectivity index (χ4v) is 2.51. The van der Waals surface area contributed by atoms with Crippen LogP contribution < -0.4 is 0 Å². The van der Waals surface area contributed by atoms with Crippen molar-refractivity contribution in [2.24, 2.45) is 5.92 Å². The minimum Gasteiger partial charge on any atom is -0.466 e.